The predicted molar refractivity (Wildman–Crippen MR) is 169 cm³/mol. The minimum Gasteiger partial charge on any atom is -0.394 e. The van der Waals surface area contributed by atoms with Crippen molar-refractivity contribution in [2.24, 2.45) is 5.41 Å². The Hall–Kier alpha value is -1.75. The number of β-amino-alcohol motifs (C(OH)–C–C–N with tert-alkyl or cyclic N) is 1. The number of benzene rings is 2. The van der Waals surface area contributed by atoms with Gasteiger partial charge in [-0.2, -0.15) is 0 Å². The number of hydrogen-bond acceptors (Lipinski definition) is 5. The smallest absolute Gasteiger partial charge is 0.237 e. The van der Waals surface area contributed by atoms with Gasteiger partial charge in [-0.25, -0.2) is 0 Å². The SMILES string of the molecule is CC1([C@H]2N(CC(O)CO)C(=O)C[C@@H](c3cccc(Cl)c3)[C@]23C(=O)Nc2cc(Br)ccc23)CC1.COCC[Si](C)(C)C. The Morgan fingerprint density at radius 3 is 2.46 bits per heavy atom. The van der Waals surface area contributed by atoms with E-state index in [1.807, 2.05) is 36.4 Å². The van der Waals surface area contributed by atoms with Crippen LogP contribution in [-0.2, 0) is 19.7 Å². The molecule has 2 heterocycles. The molecule has 41 heavy (non-hydrogen) atoms. The van der Waals surface area contributed by atoms with Gasteiger partial charge in [0.1, 0.15) is 5.41 Å². The van der Waals surface area contributed by atoms with Crippen molar-refractivity contribution in [3.8, 4) is 0 Å². The second kappa shape index (κ2) is 12.5. The lowest BCUT2D eigenvalue weighted by molar-refractivity contribution is -0.151. The predicted octanol–water partition coefficient (Wildman–Crippen LogP) is 5.80. The van der Waals surface area contributed by atoms with E-state index in [0.717, 1.165) is 40.7 Å². The molecule has 0 aromatic heterocycles. The number of aliphatic hydroxyl groups excluding tert-OH is 2. The highest BCUT2D eigenvalue weighted by molar-refractivity contribution is 9.10. The molecule has 5 rings (SSSR count). The number of amides is 2. The molecule has 1 saturated heterocycles. The van der Waals surface area contributed by atoms with E-state index in [2.05, 4.69) is 47.8 Å². The van der Waals surface area contributed by atoms with Gasteiger partial charge in [0, 0.05) is 55.9 Å². The molecular weight excluding hydrogens is 624 g/mol. The first kappa shape index (κ1) is 32.2. The number of ether oxygens (including phenoxy) is 1. The number of fused-ring (bicyclic) bond motifs is 2. The van der Waals surface area contributed by atoms with Crippen LogP contribution in [0.15, 0.2) is 46.9 Å². The first-order valence-electron chi connectivity index (χ1n) is 14.2. The van der Waals surface area contributed by atoms with Crippen LogP contribution in [-0.4, -0.2) is 74.0 Å². The molecule has 0 radical (unpaired) electrons. The summed E-state index contributed by atoms with van der Waals surface area (Å²) >= 11 is 9.85. The zero-order valence-corrected chi connectivity index (χ0v) is 27.9. The maximum Gasteiger partial charge on any atom is 0.237 e. The van der Waals surface area contributed by atoms with Crippen molar-refractivity contribution in [2.75, 3.05) is 32.2 Å². The second-order valence-corrected chi connectivity index (χ2v) is 20.0. The van der Waals surface area contributed by atoms with E-state index in [1.54, 1.807) is 18.1 Å². The fraction of sp³-hybridized carbons (Fsp3) is 0.548. The van der Waals surface area contributed by atoms with Crippen LogP contribution in [0.3, 0.4) is 0 Å². The quantitative estimate of drug-likeness (QED) is 0.310. The molecule has 3 aliphatic rings. The van der Waals surface area contributed by atoms with Crippen molar-refractivity contribution < 1.29 is 24.5 Å². The van der Waals surface area contributed by atoms with Crippen LogP contribution in [0.25, 0.3) is 0 Å². The molecule has 224 valence electrons. The third-order valence-electron chi connectivity index (χ3n) is 8.67. The van der Waals surface area contributed by atoms with Crippen molar-refractivity contribution in [3.05, 3.63) is 63.1 Å². The van der Waals surface area contributed by atoms with Crippen molar-refractivity contribution in [3.63, 3.8) is 0 Å². The van der Waals surface area contributed by atoms with E-state index < -0.39 is 38.2 Å². The molecule has 1 spiro atoms. The summed E-state index contributed by atoms with van der Waals surface area (Å²) in [5.74, 6) is -0.694. The number of carbonyl (C=O) groups is 2. The Bertz CT molecular complexity index is 1280. The van der Waals surface area contributed by atoms with Gasteiger partial charge >= 0.3 is 0 Å². The molecule has 2 aliphatic heterocycles. The Morgan fingerprint density at radius 1 is 1.20 bits per heavy atom. The number of carbonyl (C=O) groups excluding carboxylic acids is 2. The third-order valence-corrected chi connectivity index (χ3v) is 11.1. The number of methoxy groups -OCH3 is 1. The molecule has 7 nitrogen and oxygen atoms in total. The molecule has 4 atom stereocenters. The number of anilines is 1. The van der Waals surface area contributed by atoms with Crippen molar-refractivity contribution in [1.29, 1.82) is 0 Å². The van der Waals surface area contributed by atoms with Gasteiger partial charge in [-0.15, -0.1) is 0 Å². The van der Waals surface area contributed by atoms with Crippen LogP contribution in [0.2, 0.25) is 30.7 Å². The van der Waals surface area contributed by atoms with Gasteiger partial charge in [-0.1, -0.05) is 72.3 Å². The van der Waals surface area contributed by atoms with Gasteiger partial charge in [-0.05, 0) is 59.7 Å². The average Bonchev–Trinajstić information content (AvgIpc) is 3.59. The molecule has 2 aromatic rings. The molecular formula is C31H42BrClN2O5Si. The number of hydrogen-bond donors (Lipinski definition) is 3. The number of rotatable bonds is 8. The van der Waals surface area contributed by atoms with Crippen LogP contribution in [0.1, 0.15) is 43.2 Å². The van der Waals surface area contributed by atoms with Gasteiger partial charge < -0.3 is 25.2 Å². The summed E-state index contributed by atoms with van der Waals surface area (Å²) < 4.78 is 5.81. The molecule has 0 bridgehead atoms. The van der Waals surface area contributed by atoms with Crippen molar-refractivity contribution in [2.45, 2.75) is 75.4 Å². The zero-order chi connectivity index (χ0) is 30.2. The lowest BCUT2D eigenvalue weighted by atomic mass is 9.56. The van der Waals surface area contributed by atoms with Crippen LogP contribution in [0.5, 0.6) is 0 Å². The number of piperidine rings is 1. The highest BCUT2D eigenvalue weighted by atomic mass is 79.9. The first-order chi connectivity index (χ1) is 19.3. The van der Waals surface area contributed by atoms with E-state index in [9.17, 15) is 19.8 Å². The second-order valence-electron chi connectivity index (χ2n) is 13.1. The van der Waals surface area contributed by atoms with Crippen LogP contribution in [0.4, 0.5) is 5.69 Å². The summed E-state index contributed by atoms with van der Waals surface area (Å²) in [7, 11) is 0.961. The van der Waals surface area contributed by atoms with Gasteiger partial charge in [0.25, 0.3) is 0 Å². The lowest BCUT2D eigenvalue weighted by Crippen LogP contribution is -2.67. The third kappa shape index (κ3) is 6.60. The summed E-state index contributed by atoms with van der Waals surface area (Å²) in [6.07, 6.45) is 0.778. The molecule has 2 amide bonds. The van der Waals surface area contributed by atoms with E-state index in [0.29, 0.717) is 5.02 Å². The Labute approximate surface area is 257 Å². The maximum absolute atomic E-state index is 14.1. The van der Waals surface area contributed by atoms with Crippen molar-refractivity contribution in [1.82, 2.24) is 4.90 Å². The van der Waals surface area contributed by atoms with E-state index >= 15 is 0 Å². The molecule has 3 N–H and O–H groups in total. The largest absolute Gasteiger partial charge is 0.394 e. The number of nitrogens with zero attached hydrogens (tertiary/aromatic N) is 1. The monoisotopic (exact) mass is 664 g/mol. The number of likely N-dealkylation sites (tertiary alicyclic amines) is 1. The molecule has 2 aromatic carbocycles. The molecule has 10 heteroatoms. The molecule has 1 unspecified atom stereocenters. The highest BCUT2D eigenvalue weighted by Crippen LogP contribution is 2.64. The average molecular weight is 666 g/mol. The lowest BCUT2D eigenvalue weighted by Gasteiger charge is -2.54. The Morgan fingerprint density at radius 2 is 1.90 bits per heavy atom. The summed E-state index contributed by atoms with van der Waals surface area (Å²) in [5.41, 5.74) is 1.10. The standard InChI is InChI=1S/C25H26BrClN2O4.C6H16OSi/c1-24(7-8-24)22-25(18-6-5-15(26)10-20(18)28-23(25)33)19(14-3-2-4-16(27)9-14)11-21(32)29(22)12-17(31)13-30;1-7-5-6-8(2,3)4/h2-6,9-10,17,19,22,30-31H,7-8,11-13H2,1H3,(H,28,33);5-6H2,1-4H3/t17?,19-,22+,25-;/m0./s1. The Balaban J connectivity index is 0.000000426. The zero-order valence-electron chi connectivity index (χ0n) is 24.5. The van der Waals surface area contributed by atoms with Gasteiger partial charge in [0.05, 0.1) is 18.8 Å². The van der Waals surface area contributed by atoms with Crippen molar-refractivity contribution >= 4 is 53.1 Å². The van der Waals surface area contributed by atoms with E-state index in [1.165, 1.54) is 6.04 Å². The Kier molecular flexibility index (Phi) is 9.78. The topological polar surface area (TPSA) is 99.1 Å². The van der Waals surface area contributed by atoms with E-state index in [4.69, 9.17) is 16.3 Å². The minimum atomic E-state index is -1.08. The molecule has 2 fully saturated rings. The van der Waals surface area contributed by atoms with Gasteiger partial charge in [0.15, 0.2) is 0 Å². The number of nitrogens with one attached hydrogen (secondary N) is 1. The van der Waals surface area contributed by atoms with E-state index in [-0.39, 0.29) is 30.2 Å². The van der Waals surface area contributed by atoms with Gasteiger partial charge in [0.2, 0.25) is 11.8 Å². The van der Waals surface area contributed by atoms with Crippen LogP contribution >= 0.6 is 27.5 Å². The molecule has 1 aliphatic carbocycles. The minimum absolute atomic E-state index is 0.0151. The molecule has 1 saturated carbocycles. The van der Waals surface area contributed by atoms with Crippen LogP contribution < -0.4 is 5.32 Å². The number of halogens is 2. The van der Waals surface area contributed by atoms with Gasteiger partial charge in [-0.3, -0.25) is 9.59 Å². The highest BCUT2D eigenvalue weighted by Gasteiger charge is 2.69. The fourth-order valence-corrected chi connectivity index (χ4v) is 7.76. The van der Waals surface area contributed by atoms with Crippen LogP contribution in [0, 0.1) is 5.41 Å². The summed E-state index contributed by atoms with van der Waals surface area (Å²) in [6.45, 7) is 9.64. The number of aliphatic hydroxyl groups is 2. The maximum atomic E-state index is 14.1. The first-order valence-corrected chi connectivity index (χ1v) is 19.1. The summed E-state index contributed by atoms with van der Waals surface area (Å²) in [4.78, 5) is 29.3. The summed E-state index contributed by atoms with van der Waals surface area (Å²) in [5, 5.41) is 23.5. The normalized spacial score (nSPS) is 25.3. The fourth-order valence-electron chi connectivity index (χ4n) is 6.38. The summed E-state index contributed by atoms with van der Waals surface area (Å²) in [6, 6.07) is 14.0.